The van der Waals surface area contributed by atoms with E-state index in [0.29, 0.717) is 22.6 Å². The number of rotatable bonds is 9. The molecule has 0 saturated carbocycles. The Morgan fingerprint density at radius 1 is 0.944 bits per heavy atom. The van der Waals surface area contributed by atoms with E-state index in [9.17, 15) is 9.59 Å². The first-order valence-electron chi connectivity index (χ1n) is 10.9. The summed E-state index contributed by atoms with van der Waals surface area (Å²) in [6.45, 7) is 0. The van der Waals surface area contributed by atoms with Crippen molar-refractivity contribution in [3.05, 3.63) is 94.1 Å². The highest BCUT2D eigenvalue weighted by molar-refractivity contribution is 6.34. The number of hydrogen-bond donors (Lipinski definition) is 2. The summed E-state index contributed by atoms with van der Waals surface area (Å²) in [6, 6.07) is 19.4. The summed E-state index contributed by atoms with van der Waals surface area (Å²) in [5.74, 6) is -0.140. The van der Waals surface area contributed by atoms with Crippen LogP contribution in [0.3, 0.4) is 0 Å². The second kappa shape index (κ2) is 12.4. The quantitative estimate of drug-likeness (QED) is 0.256. The molecular weight excluding hydrogens is 480 g/mol. The molecule has 2 amide bonds. The molecule has 0 aromatic heterocycles. The van der Waals surface area contributed by atoms with Crippen molar-refractivity contribution in [3.63, 3.8) is 0 Å². The van der Waals surface area contributed by atoms with Crippen LogP contribution in [0, 0.1) is 0 Å². The van der Waals surface area contributed by atoms with Gasteiger partial charge in [-0.25, -0.2) is 5.43 Å². The lowest BCUT2D eigenvalue weighted by atomic mass is 10.1. The Balaban J connectivity index is 1.87. The number of benzene rings is 3. The molecule has 0 aliphatic heterocycles. The number of nitrogens with one attached hydrogen (secondary N) is 2. The number of hydrazone groups is 1. The smallest absolute Gasteiger partial charge is 0.287 e. The second-order valence-electron chi connectivity index (χ2n) is 7.76. The van der Waals surface area contributed by atoms with Gasteiger partial charge < -0.3 is 19.7 Å². The minimum Gasteiger partial charge on any atom is -0.493 e. The number of para-hydroxylation sites is 1. The number of nitrogens with zero attached hydrogens (tertiary/aromatic N) is 2. The van der Waals surface area contributed by atoms with Gasteiger partial charge in [-0.3, -0.25) is 9.59 Å². The Bertz CT molecular complexity index is 1290. The molecule has 0 saturated heterocycles. The number of carbonyl (C=O) groups is 2. The van der Waals surface area contributed by atoms with E-state index in [2.05, 4.69) is 15.8 Å². The minimum absolute atomic E-state index is 0.00715. The van der Waals surface area contributed by atoms with Crippen LogP contribution in [0.25, 0.3) is 6.08 Å². The maximum atomic E-state index is 13.0. The molecule has 0 spiro atoms. The van der Waals surface area contributed by atoms with Gasteiger partial charge in [0.2, 0.25) is 0 Å². The molecule has 0 bridgehead atoms. The van der Waals surface area contributed by atoms with Crippen LogP contribution in [0.15, 0.2) is 77.5 Å². The van der Waals surface area contributed by atoms with E-state index in [4.69, 9.17) is 21.1 Å². The van der Waals surface area contributed by atoms with Crippen LogP contribution >= 0.6 is 11.6 Å². The Hall–Kier alpha value is -4.30. The van der Waals surface area contributed by atoms with Crippen molar-refractivity contribution >= 4 is 41.4 Å². The first kappa shape index (κ1) is 26.3. The molecule has 9 heteroatoms. The zero-order valence-electron chi connectivity index (χ0n) is 20.4. The van der Waals surface area contributed by atoms with E-state index in [1.165, 1.54) is 20.4 Å². The number of anilines is 1. The van der Waals surface area contributed by atoms with Gasteiger partial charge in [0, 0.05) is 25.3 Å². The zero-order chi connectivity index (χ0) is 26.1. The molecule has 0 atom stereocenters. The van der Waals surface area contributed by atoms with E-state index in [0.717, 1.165) is 5.69 Å². The highest BCUT2D eigenvalue weighted by Crippen LogP contribution is 2.29. The van der Waals surface area contributed by atoms with Crippen LogP contribution in [0.4, 0.5) is 5.69 Å². The zero-order valence-corrected chi connectivity index (χ0v) is 21.2. The van der Waals surface area contributed by atoms with E-state index in [-0.39, 0.29) is 16.3 Å². The van der Waals surface area contributed by atoms with Gasteiger partial charge in [-0.2, -0.15) is 5.10 Å². The van der Waals surface area contributed by atoms with Crippen molar-refractivity contribution in [2.24, 2.45) is 5.10 Å². The maximum Gasteiger partial charge on any atom is 0.287 e. The largest absolute Gasteiger partial charge is 0.493 e. The number of carbonyl (C=O) groups excluding carboxylic acids is 2. The fourth-order valence-electron chi connectivity index (χ4n) is 3.26. The second-order valence-corrected chi connectivity index (χ2v) is 8.17. The molecule has 3 aromatic carbocycles. The third-order valence-electron chi connectivity index (χ3n) is 5.13. The maximum absolute atomic E-state index is 13.0. The standard InChI is InChI=1S/C27H27ClN4O4/c1-32(2)20-14-12-18(13-15-20)16-23(30-26(33)21-9-5-6-10-22(21)28)27(34)31-29-17-19-8-7-11-24(35-3)25(19)36-4/h5-17H,1-4H3,(H,30,33)(H,31,34). The summed E-state index contributed by atoms with van der Waals surface area (Å²) >= 11 is 6.16. The van der Waals surface area contributed by atoms with Crippen LogP contribution in [-0.4, -0.2) is 46.3 Å². The monoisotopic (exact) mass is 506 g/mol. The van der Waals surface area contributed by atoms with Gasteiger partial charge in [-0.15, -0.1) is 0 Å². The minimum atomic E-state index is -0.620. The van der Waals surface area contributed by atoms with Crippen molar-refractivity contribution in [2.45, 2.75) is 0 Å². The molecule has 0 radical (unpaired) electrons. The topological polar surface area (TPSA) is 92.3 Å². The van der Waals surface area contributed by atoms with Crippen molar-refractivity contribution in [1.29, 1.82) is 0 Å². The van der Waals surface area contributed by atoms with Gasteiger partial charge in [0.05, 0.1) is 31.0 Å². The Labute approximate surface area is 215 Å². The Morgan fingerprint density at radius 2 is 1.67 bits per heavy atom. The van der Waals surface area contributed by atoms with Crippen LogP contribution < -0.4 is 25.1 Å². The van der Waals surface area contributed by atoms with Gasteiger partial charge in [-0.1, -0.05) is 41.9 Å². The Morgan fingerprint density at radius 3 is 2.31 bits per heavy atom. The first-order chi connectivity index (χ1) is 17.3. The van der Waals surface area contributed by atoms with Crippen LogP contribution in [0.5, 0.6) is 11.5 Å². The van der Waals surface area contributed by atoms with Crippen LogP contribution in [-0.2, 0) is 4.79 Å². The molecule has 8 nitrogen and oxygen atoms in total. The summed E-state index contributed by atoms with van der Waals surface area (Å²) in [6.07, 6.45) is 2.99. The van der Waals surface area contributed by atoms with E-state index in [1.807, 2.05) is 43.3 Å². The number of ether oxygens (including phenoxy) is 2. The number of amides is 2. The molecule has 36 heavy (non-hydrogen) atoms. The third kappa shape index (κ3) is 6.64. The predicted octanol–water partition coefficient (Wildman–Crippen LogP) is 4.34. The van der Waals surface area contributed by atoms with Crippen molar-refractivity contribution in [3.8, 4) is 11.5 Å². The van der Waals surface area contributed by atoms with E-state index >= 15 is 0 Å². The average Bonchev–Trinajstić information content (AvgIpc) is 2.88. The fraction of sp³-hybridized carbons (Fsp3) is 0.148. The van der Waals surface area contributed by atoms with Crippen molar-refractivity contribution in [2.75, 3.05) is 33.2 Å². The lowest BCUT2D eigenvalue weighted by molar-refractivity contribution is -0.117. The molecule has 3 rings (SSSR count). The van der Waals surface area contributed by atoms with Crippen LogP contribution in [0.2, 0.25) is 5.02 Å². The van der Waals surface area contributed by atoms with Gasteiger partial charge in [0.1, 0.15) is 5.70 Å². The van der Waals surface area contributed by atoms with E-state index in [1.54, 1.807) is 48.5 Å². The third-order valence-corrected chi connectivity index (χ3v) is 5.46. The van der Waals surface area contributed by atoms with Gasteiger partial charge in [-0.05, 0) is 48.0 Å². The normalized spacial score (nSPS) is 11.2. The molecular formula is C27H27ClN4O4. The number of hydrogen-bond acceptors (Lipinski definition) is 6. The SMILES string of the molecule is COc1cccc(C=NNC(=O)C(=Cc2ccc(N(C)C)cc2)NC(=O)c2ccccc2Cl)c1OC. The summed E-state index contributed by atoms with van der Waals surface area (Å²) in [4.78, 5) is 27.9. The molecule has 2 N–H and O–H groups in total. The van der Waals surface area contributed by atoms with Gasteiger partial charge >= 0.3 is 0 Å². The molecule has 3 aromatic rings. The molecule has 0 fully saturated rings. The number of methoxy groups -OCH3 is 2. The fourth-order valence-corrected chi connectivity index (χ4v) is 3.48. The number of halogens is 1. The Kier molecular flexibility index (Phi) is 9.07. The van der Waals surface area contributed by atoms with Crippen LogP contribution in [0.1, 0.15) is 21.5 Å². The lowest BCUT2D eigenvalue weighted by Crippen LogP contribution is -2.33. The molecule has 0 aliphatic rings. The van der Waals surface area contributed by atoms with E-state index < -0.39 is 11.8 Å². The highest BCUT2D eigenvalue weighted by atomic mass is 35.5. The molecule has 0 aliphatic carbocycles. The average molecular weight is 507 g/mol. The molecule has 186 valence electrons. The van der Waals surface area contributed by atoms with Crippen molar-refractivity contribution < 1.29 is 19.1 Å². The lowest BCUT2D eigenvalue weighted by Gasteiger charge is -2.13. The van der Waals surface area contributed by atoms with Gasteiger partial charge in [0.15, 0.2) is 11.5 Å². The summed E-state index contributed by atoms with van der Waals surface area (Å²) in [5, 5.41) is 6.96. The predicted molar refractivity (Wildman–Crippen MR) is 143 cm³/mol. The van der Waals surface area contributed by atoms with Crippen molar-refractivity contribution in [1.82, 2.24) is 10.7 Å². The summed E-state index contributed by atoms with van der Waals surface area (Å²) < 4.78 is 10.7. The van der Waals surface area contributed by atoms with Gasteiger partial charge in [0.25, 0.3) is 11.8 Å². The highest BCUT2D eigenvalue weighted by Gasteiger charge is 2.16. The first-order valence-corrected chi connectivity index (χ1v) is 11.3. The summed E-state index contributed by atoms with van der Waals surface area (Å²) in [7, 11) is 6.91. The summed E-state index contributed by atoms with van der Waals surface area (Å²) in [5.41, 5.74) is 4.99. The molecule has 0 heterocycles. The molecule has 0 unspecified atom stereocenters.